The zero-order valence-electron chi connectivity index (χ0n) is 16.1. The van der Waals surface area contributed by atoms with Crippen LogP contribution in [-0.4, -0.2) is 58.6 Å². The van der Waals surface area contributed by atoms with Crippen molar-refractivity contribution in [3.63, 3.8) is 0 Å². The fourth-order valence-corrected chi connectivity index (χ4v) is 4.59. The van der Waals surface area contributed by atoms with E-state index in [9.17, 15) is 9.90 Å². The van der Waals surface area contributed by atoms with Crippen LogP contribution in [0.4, 0.5) is 0 Å². The first-order valence-corrected chi connectivity index (χ1v) is 9.67. The summed E-state index contributed by atoms with van der Waals surface area (Å²) in [4.78, 5) is 23.2. The lowest BCUT2D eigenvalue weighted by Crippen LogP contribution is -2.54. The molecule has 2 aliphatic rings. The van der Waals surface area contributed by atoms with Crippen molar-refractivity contribution in [2.45, 2.75) is 32.0 Å². The molecule has 144 valence electrons. The third-order valence-corrected chi connectivity index (χ3v) is 5.99. The number of imidazole rings is 1. The first-order valence-electron chi connectivity index (χ1n) is 9.67. The van der Waals surface area contributed by atoms with E-state index >= 15 is 0 Å². The lowest BCUT2D eigenvalue weighted by molar-refractivity contribution is -0.140. The second kappa shape index (κ2) is 7.09. The van der Waals surface area contributed by atoms with Gasteiger partial charge in [0.25, 0.3) is 0 Å². The van der Waals surface area contributed by atoms with Crippen molar-refractivity contribution in [3.05, 3.63) is 36.4 Å². The highest BCUT2D eigenvalue weighted by Gasteiger charge is 2.50. The number of aliphatic hydroxyl groups is 1. The number of H-pyrrole nitrogens is 1. The predicted octanol–water partition coefficient (Wildman–Crippen LogP) is 2.46. The van der Waals surface area contributed by atoms with E-state index in [0.717, 1.165) is 17.5 Å². The van der Waals surface area contributed by atoms with Gasteiger partial charge in [0.15, 0.2) is 5.78 Å². The van der Waals surface area contributed by atoms with Gasteiger partial charge in [-0.3, -0.25) is 4.79 Å². The van der Waals surface area contributed by atoms with Gasteiger partial charge in [0.05, 0.1) is 34.9 Å². The van der Waals surface area contributed by atoms with Gasteiger partial charge in [0.2, 0.25) is 0 Å². The van der Waals surface area contributed by atoms with Crippen LogP contribution in [0.15, 0.2) is 30.5 Å². The quantitative estimate of drug-likeness (QED) is 0.866. The number of ketones is 1. The van der Waals surface area contributed by atoms with E-state index in [2.05, 4.69) is 21.8 Å². The highest BCUT2D eigenvalue weighted by Crippen LogP contribution is 2.42. The molecule has 2 N–H and O–H groups in total. The Morgan fingerprint density at radius 2 is 2.11 bits per heavy atom. The molecule has 2 aromatic rings. The van der Waals surface area contributed by atoms with E-state index in [-0.39, 0.29) is 29.6 Å². The summed E-state index contributed by atoms with van der Waals surface area (Å²) < 4.78 is 6.06. The van der Waals surface area contributed by atoms with Gasteiger partial charge < -0.3 is 19.7 Å². The fourth-order valence-electron chi connectivity index (χ4n) is 4.59. The van der Waals surface area contributed by atoms with Gasteiger partial charge in [-0.1, -0.05) is 25.5 Å². The molecule has 6 heteroatoms. The molecule has 2 heterocycles. The molecule has 1 aliphatic heterocycles. The van der Waals surface area contributed by atoms with E-state index in [4.69, 9.17) is 4.74 Å². The third kappa shape index (κ3) is 3.17. The molecule has 0 radical (unpaired) electrons. The zero-order chi connectivity index (χ0) is 19.1. The Hall–Kier alpha value is -2.18. The summed E-state index contributed by atoms with van der Waals surface area (Å²) in [7, 11) is 3.97. The third-order valence-electron chi connectivity index (χ3n) is 5.99. The number of carbonyl (C=O) groups is 1. The van der Waals surface area contributed by atoms with Crippen LogP contribution in [0.5, 0.6) is 0 Å². The number of carbonyl (C=O) groups excluding carboxylic acids is 1. The number of Topliss-reactive ketones (excluding diaryl/α,β-unsaturated/α-hetero) is 1. The van der Waals surface area contributed by atoms with Gasteiger partial charge in [0.1, 0.15) is 11.9 Å². The second-order valence-electron chi connectivity index (χ2n) is 8.03. The van der Waals surface area contributed by atoms with Crippen LogP contribution in [-0.2, 0) is 9.53 Å². The first-order chi connectivity index (χ1) is 13.0. The number of para-hydroxylation sites is 2. The monoisotopic (exact) mass is 369 g/mol. The maximum Gasteiger partial charge on any atom is 0.176 e. The van der Waals surface area contributed by atoms with Crippen LogP contribution < -0.4 is 0 Å². The van der Waals surface area contributed by atoms with Gasteiger partial charge in [-0.05, 0) is 38.6 Å². The lowest BCUT2D eigenvalue weighted by atomic mass is 9.67. The number of ether oxygens (including phenoxy) is 1. The topological polar surface area (TPSA) is 78.5 Å². The Kier molecular flexibility index (Phi) is 4.78. The van der Waals surface area contributed by atoms with Crippen molar-refractivity contribution in [2.24, 2.45) is 17.8 Å². The molecule has 1 saturated carbocycles. The summed E-state index contributed by atoms with van der Waals surface area (Å²) in [6, 6.07) is 7.73. The minimum atomic E-state index is -0.451. The molecule has 1 aromatic carbocycles. The number of hydrogen-bond acceptors (Lipinski definition) is 5. The summed E-state index contributed by atoms with van der Waals surface area (Å²) in [5, 5.41) is 10.8. The van der Waals surface area contributed by atoms with E-state index in [1.54, 1.807) is 6.26 Å². The molecule has 6 nitrogen and oxygen atoms in total. The molecule has 1 aromatic heterocycles. The molecule has 0 saturated heterocycles. The van der Waals surface area contributed by atoms with Gasteiger partial charge in [-0.15, -0.1) is 0 Å². The van der Waals surface area contributed by atoms with Crippen LogP contribution in [0.1, 0.15) is 25.6 Å². The van der Waals surface area contributed by atoms with Gasteiger partial charge >= 0.3 is 0 Å². The smallest absolute Gasteiger partial charge is 0.176 e. The average Bonchev–Trinajstić information content (AvgIpc) is 3.07. The molecular formula is C21H27N3O3. The van der Waals surface area contributed by atoms with Gasteiger partial charge in [0, 0.05) is 12.5 Å². The Balaban J connectivity index is 1.68. The molecule has 5 unspecified atom stereocenters. The minimum absolute atomic E-state index is 0.0689. The van der Waals surface area contributed by atoms with Crippen LogP contribution >= 0.6 is 0 Å². The number of rotatable bonds is 4. The van der Waals surface area contributed by atoms with Crippen LogP contribution in [0.3, 0.4) is 0 Å². The summed E-state index contributed by atoms with van der Waals surface area (Å²) in [5.74, 6) is 0.416. The van der Waals surface area contributed by atoms with Gasteiger partial charge in [-0.2, -0.15) is 0 Å². The zero-order valence-corrected chi connectivity index (χ0v) is 16.1. The van der Waals surface area contributed by atoms with Crippen LogP contribution in [0, 0.1) is 17.8 Å². The highest BCUT2D eigenvalue weighted by atomic mass is 16.5. The van der Waals surface area contributed by atoms with Crippen molar-refractivity contribution >= 4 is 22.4 Å². The molecule has 1 aliphatic carbocycles. The van der Waals surface area contributed by atoms with Crippen molar-refractivity contribution < 1.29 is 14.6 Å². The SMILES string of the molecule is CCC1CC2C(=O)C(c3nc4ccccc4[nH]3)=COC2C(CN(C)C)C1O. The molecule has 27 heavy (non-hydrogen) atoms. The Labute approximate surface area is 159 Å². The summed E-state index contributed by atoms with van der Waals surface area (Å²) >= 11 is 0. The minimum Gasteiger partial charge on any atom is -0.496 e. The van der Waals surface area contributed by atoms with Crippen molar-refractivity contribution in [1.29, 1.82) is 0 Å². The number of nitrogens with zero attached hydrogens (tertiary/aromatic N) is 2. The van der Waals surface area contributed by atoms with Crippen molar-refractivity contribution in [2.75, 3.05) is 20.6 Å². The molecule has 4 rings (SSSR count). The number of aromatic amines is 1. The van der Waals surface area contributed by atoms with E-state index < -0.39 is 6.10 Å². The molecule has 1 fully saturated rings. The molecule has 5 atom stereocenters. The van der Waals surface area contributed by atoms with E-state index in [1.165, 1.54) is 0 Å². The normalized spacial score (nSPS) is 30.9. The summed E-state index contributed by atoms with van der Waals surface area (Å²) in [6.07, 6.45) is 2.31. The Morgan fingerprint density at radius 1 is 1.33 bits per heavy atom. The summed E-state index contributed by atoms with van der Waals surface area (Å²) in [5.41, 5.74) is 2.24. The Bertz CT molecular complexity index is 839. The maximum atomic E-state index is 13.3. The van der Waals surface area contributed by atoms with Crippen molar-refractivity contribution in [3.8, 4) is 0 Å². The molecule has 0 bridgehead atoms. The Morgan fingerprint density at radius 3 is 2.81 bits per heavy atom. The number of aromatic nitrogens is 2. The second-order valence-corrected chi connectivity index (χ2v) is 8.03. The fraction of sp³-hybridized carbons (Fsp3) is 0.524. The van der Waals surface area contributed by atoms with Gasteiger partial charge in [-0.25, -0.2) is 4.98 Å². The number of nitrogens with one attached hydrogen (secondary N) is 1. The standard InChI is InChI=1S/C21H27N3O3/c1-4-12-9-13-19(26)15(21-22-16-7-5-6-8-17(16)23-21)11-27-20(13)14(18(12)25)10-24(2)3/h5-8,11-14,18,20,25H,4,9-10H2,1-3H3,(H,22,23). The molecule has 0 amide bonds. The van der Waals surface area contributed by atoms with E-state index in [0.29, 0.717) is 24.4 Å². The summed E-state index contributed by atoms with van der Waals surface area (Å²) in [6.45, 7) is 2.77. The number of allylic oxidation sites excluding steroid dienone is 1. The largest absolute Gasteiger partial charge is 0.496 e. The number of aliphatic hydroxyl groups excluding tert-OH is 1. The number of benzene rings is 1. The first kappa shape index (κ1) is 18.2. The molecule has 0 spiro atoms. The van der Waals surface area contributed by atoms with Crippen molar-refractivity contribution in [1.82, 2.24) is 14.9 Å². The maximum absolute atomic E-state index is 13.3. The number of fused-ring (bicyclic) bond motifs is 2. The van der Waals surface area contributed by atoms with Crippen LogP contribution in [0.2, 0.25) is 0 Å². The lowest BCUT2D eigenvalue weighted by Gasteiger charge is -2.46. The van der Waals surface area contributed by atoms with E-state index in [1.807, 2.05) is 38.4 Å². The predicted molar refractivity (Wildman–Crippen MR) is 104 cm³/mol. The van der Waals surface area contributed by atoms with Crippen LogP contribution in [0.25, 0.3) is 16.6 Å². The number of hydrogen-bond donors (Lipinski definition) is 2. The molecular weight excluding hydrogens is 342 g/mol. The average molecular weight is 369 g/mol. The highest BCUT2D eigenvalue weighted by molar-refractivity contribution is 6.21.